The summed E-state index contributed by atoms with van der Waals surface area (Å²) in [6.45, 7) is 12.3. The van der Waals surface area contributed by atoms with Gasteiger partial charge in [-0.3, -0.25) is 0 Å². The van der Waals surface area contributed by atoms with E-state index in [1.807, 2.05) is 37.4 Å². The van der Waals surface area contributed by atoms with Crippen LogP contribution in [-0.2, 0) is 0 Å². The minimum atomic E-state index is 1.05. The first-order valence-electron chi connectivity index (χ1n) is 12.0. The van der Waals surface area contributed by atoms with Gasteiger partial charge in [0.25, 0.3) is 0 Å². The monoisotopic (exact) mass is 457 g/mol. The fourth-order valence-electron chi connectivity index (χ4n) is 3.74. The van der Waals surface area contributed by atoms with Gasteiger partial charge in [0.1, 0.15) is 0 Å². The summed E-state index contributed by atoms with van der Waals surface area (Å²) in [7, 11) is 0. The molecule has 0 saturated carbocycles. The van der Waals surface area contributed by atoms with Gasteiger partial charge in [0, 0.05) is 11.9 Å². The van der Waals surface area contributed by atoms with Gasteiger partial charge in [-0.2, -0.15) is 0 Å². The predicted octanol–water partition coefficient (Wildman–Crippen LogP) is 9.70. The minimum Gasteiger partial charge on any atom is -0.362 e. The van der Waals surface area contributed by atoms with Crippen LogP contribution in [0.4, 0.5) is 5.69 Å². The van der Waals surface area contributed by atoms with Gasteiger partial charge in [0.2, 0.25) is 0 Å². The lowest BCUT2D eigenvalue weighted by atomic mass is 9.95. The number of anilines is 1. The van der Waals surface area contributed by atoms with Crippen LogP contribution in [0.15, 0.2) is 128 Å². The van der Waals surface area contributed by atoms with Crippen LogP contribution in [0.3, 0.4) is 0 Å². The zero-order valence-electron chi connectivity index (χ0n) is 21.3. The molecule has 0 radical (unpaired) electrons. The first-order valence-corrected chi connectivity index (χ1v) is 12.0. The molecule has 3 aromatic carbocycles. The van der Waals surface area contributed by atoms with E-state index in [4.69, 9.17) is 0 Å². The molecule has 176 valence electrons. The van der Waals surface area contributed by atoms with E-state index >= 15 is 0 Å². The normalized spacial score (nSPS) is 12.7. The van der Waals surface area contributed by atoms with Crippen LogP contribution in [0.25, 0.3) is 22.8 Å². The first kappa shape index (κ1) is 25.5. The van der Waals surface area contributed by atoms with Crippen LogP contribution in [0.5, 0.6) is 0 Å². The van der Waals surface area contributed by atoms with E-state index in [0.717, 1.165) is 5.69 Å². The maximum atomic E-state index is 3.93. The van der Waals surface area contributed by atoms with E-state index in [1.54, 1.807) is 0 Å². The number of aryl methyl sites for hydroxylation is 2. The molecule has 0 amide bonds. The number of nitrogens with one attached hydrogen (secondary N) is 1. The fourth-order valence-corrected chi connectivity index (χ4v) is 3.74. The first-order chi connectivity index (χ1) is 17.0. The maximum absolute atomic E-state index is 3.93. The van der Waals surface area contributed by atoms with Gasteiger partial charge in [-0.15, -0.1) is 0 Å². The molecular weight excluding hydrogens is 422 g/mol. The lowest BCUT2D eigenvalue weighted by molar-refractivity contribution is 1.39. The lowest BCUT2D eigenvalue weighted by Crippen LogP contribution is -1.93. The van der Waals surface area contributed by atoms with Crippen molar-refractivity contribution < 1.29 is 0 Å². The summed E-state index contributed by atoms with van der Waals surface area (Å²) < 4.78 is 0. The molecule has 1 N–H and O–H groups in total. The topological polar surface area (TPSA) is 12.0 Å². The van der Waals surface area contributed by atoms with Gasteiger partial charge in [-0.05, 0) is 84.9 Å². The summed E-state index contributed by atoms with van der Waals surface area (Å²) in [4.78, 5) is 0. The number of allylic oxidation sites excluding steroid dienone is 9. The van der Waals surface area contributed by atoms with Crippen molar-refractivity contribution in [2.24, 2.45) is 0 Å². The summed E-state index contributed by atoms with van der Waals surface area (Å²) in [5.41, 5.74) is 10.8. The smallest absolute Gasteiger partial charge is 0.0386 e. The van der Waals surface area contributed by atoms with E-state index in [2.05, 4.69) is 124 Å². The van der Waals surface area contributed by atoms with Crippen LogP contribution >= 0.6 is 0 Å². The number of hydrogen-bond acceptors (Lipinski definition) is 1. The fraction of sp³-hybridized carbons (Fsp3) is 0.118. The van der Waals surface area contributed by atoms with Crippen LogP contribution in [0, 0.1) is 13.8 Å². The Morgan fingerprint density at radius 2 is 1.46 bits per heavy atom. The summed E-state index contributed by atoms with van der Waals surface area (Å²) in [6.07, 6.45) is 18.3. The largest absolute Gasteiger partial charge is 0.362 e. The van der Waals surface area contributed by atoms with E-state index in [1.165, 1.54) is 44.5 Å². The minimum absolute atomic E-state index is 1.05. The molecule has 0 fully saturated rings. The van der Waals surface area contributed by atoms with Crippen molar-refractivity contribution in [3.63, 3.8) is 0 Å². The highest BCUT2D eigenvalue weighted by Crippen LogP contribution is 2.27. The molecule has 0 aliphatic heterocycles. The van der Waals surface area contributed by atoms with E-state index in [9.17, 15) is 0 Å². The second-order valence-corrected chi connectivity index (χ2v) is 8.57. The molecule has 0 aliphatic rings. The zero-order chi connectivity index (χ0) is 25.0. The highest BCUT2D eigenvalue weighted by molar-refractivity contribution is 5.81. The summed E-state index contributed by atoms with van der Waals surface area (Å²) >= 11 is 0. The summed E-state index contributed by atoms with van der Waals surface area (Å²) in [5, 5.41) is 3.37. The average Bonchev–Trinajstić information content (AvgIpc) is 2.88. The SMILES string of the molecule is C=C/C(C)=C(\C=C/C)c1cc(N/C=C/C=C\C=C/c2ccc(-c3ccc(C)cc3)cc2)ccc1C. The number of hydrogen-bond donors (Lipinski definition) is 1. The van der Waals surface area contributed by atoms with E-state index < -0.39 is 0 Å². The average molecular weight is 458 g/mol. The van der Waals surface area contributed by atoms with Gasteiger partial charge in [-0.25, -0.2) is 0 Å². The van der Waals surface area contributed by atoms with Crippen LogP contribution < -0.4 is 5.32 Å². The Balaban J connectivity index is 1.58. The van der Waals surface area contributed by atoms with Gasteiger partial charge in [0.15, 0.2) is 0 Å². The van der Waals surface area contributed by atoms with E-state index in [0.29, 0.717) is 0 Å². The molecule has 0 aliphatic carbocycles. The molecule has 0 atom stereocenters. The summed E-state index contributed by atoms with van der Waals surface area (Å²) in [5.74, 6) is 0. The molecule has 0 aromatic heterocycles. The molecular formula is C34H35N. The molecule has 0 heterocycles. The van der Waals surface area contributed by atoms with Crippen LogP contribution in [-0.4, -0.2) is 0 Å². The van der Waals surface area contributed by atoms with Crippen molar-refractivity contribution in [2.75, 3.05) is 5.32 Å². The Bertz CT molecular complexity index is 1280. The second kappa shape index (κ2) is 13.0. The predicted molar refractivity (Wildman–Crippen MR) is 156 cm³/mol. The summed E-state index contributed by atoms with van der Waals surface area (Å²) in [6, 6.07) is 23.7. The molecule has 3 rings (SSSR count). The van der Waals surface area contributed by atoms with Crippen molar-refractivity contribution in [1.82, 2.24) is 0 Å². The molecule has 3 aromatic rings. The van der Waals surface area contributed by atoms with Crippen molar-refractivity contribution in [3.05, 3.63) is 150 Å². The zero-order valence-corrected chi connectivity index (χ0v) is 21.3. The highest BCUT2D eigenvalue weighted by atomic mass is 14.8. The molecule has 35 heavy (non-hydrogen) atoms. The van der Waals surface area contributed by atoms with Gasteiger partial charge < -0.3 is 5.32 Å². The molecule has 0 saturated heterocycles. The molecule has 0 unspecified atom stereocenters. The van der Waals surface area contributed by atoms with Gasteiger partial charge in [-0.1, -0.05) is 109 Å². The van der Waals surface area contributed by atoms with Crippen molar-refractivity contribution >= 4 is 17.3 Å². The lowest BCUT2D eigenvalue weighted by Gasteiger charge is -2.12. The standard InChI is InChI=1S/C34H35N/c1-6-12-33(27(4)7-2)34-25-32(23-16-28(34)5)35-24-11-9-8-10-13-29-17-21-31(22-18-29)30-19-14-26(3)15-20-30/h6-25,35H,2H2,1,3-5H3/b9-8-,12-6-,13-10-,24-11+,33-27+. The van der Waals surface area contributed by atoms with Gasteiger partial charge >= 0.3 is 0 Å². The Labute approximate surface area is 211 Å². The Kier molecular flexibility index (Phi) is 9.45. The van der Waals surface area contributed by atoms with Gasteiger partial charge in [0.05, 0.1) is 0 Å². The third-order valence-corrected chi connectivity index (χ3v) is 5.86. The van der Waals surface area contributed by atoms with Crippen LogP contribution in [0.2, 0.25) is 0 Å². The molecule has 0 bridgehead atoms. The van der Waals surface area contributed by atoms with Crippen molar-refractivity contribution in [1.29, 1.82) is 0 Å². The third kappa shape index (κ3) is 7.45. The molecule has 1 heteroatoms. The molecule has 0 spiro atoms. The van der Waals surface area contributed by atoms with Crippen LogP contribution in [0.1, 0.15) is 36.1 Å². The highest BCUT2D eigenvalue weighted by Gasteiger charge is 2.06. The quantitative estimate of drug-likeness (QED) is 0.315. The number of rotatable bonds is 9. The van der Waals surface area contributed by atoms with Crippen molar-refractivity contribution in [3.8, 4) is 11.1 Å². The maximum Gasteiger partial charge on any atom is 0.0386 e. The second-order valence-electron chi connectivity index (χ2n) is 8.57. The van der Waals surface area contributed by atoms with E-state index in [-0.39, 0.29) is 0 Å². The Morgan fingerprint density at radius 3 is 2.11 bits per heavy atom. The van der Waals surface area contributed by atoms with Crippen molar-refractivity contribution in [2.45, 2.75) is 27.7 Å². The Morgan fingerprint density at radius 1 is 0.800 bits per heavy atom. The third-order valence-electron chi connectivity index (χ3n) is 5.86. The molecule has 1 nitrogen and oxygen atoms in total. The number of benzene rings is 3. The Hall–Kier alpha value is -4.10.